The summed E-state index contributed by atoms with van der Waals surface area (Å²) < 4.78 is 13.9. The Labute approximate surface area is 382 Å². The number of thiophene rings is 1. The summed E-state index contributed by atoms with van der Waals surface area (Å²) in [6, 6.07) is 53.7. The highest BCUT2D eigenvalue weighted by Gasteiger charge is 2.29. The number of benzene rings is 8. The lowest BCUT2D eigenvalue weighted by atomic mass is 9.59. The number of hydrogen-bond donors (Lipinski definition) is 1. The standard InChI is InChI=1S/C58H46BN4OS/c1-57(2,3)33-17-20-35(21-18-33)60-45-30-53-43(42-25-34(58(4,5)6)19-24-52(42)65-53)26-39(45)37-22-23-38-40-28-51-41(36-15-11-12-16-50(36)64-51)27-47(40)63-48-31-49-46(29-44(48)59-54(37)55(38)63)61-56(62(49)7)32-13-9-8-10-14-32/h8-31,60H,1-7H3. The minimum absolute atomic E-state index is 0.0329. The summed E-state index contributed by atoms with van der Waals surface area (Å²) in [7, 11) is 4.55. The lowest BCUT2D eigenvalue weighted by Gasteiger charge is -2.24. The molecule has 0 atom stereocenters. The van der Waals surface area contributed by atoms with Crippen molar-refractivity contribution in [3.05, 3.63) is 157 Å². The molecule has 1 aliphatic rings. The van der Waals surface area contributed by atoms with Crippen LogP contribution in [-0.4, -0.2) is 21.4 Å². The van der Waals surface area contributed by atoms with E-state index in [2.05, 4.69) is 210 Å². The third kappa shape index (κ3) is 5.81. The molecule has 1 radical (unpaired) electrons. The number of imidazole rings is 1. The van der Waals surface area contributed by atoms with Crippen LogP contribution in [0.25, 0.3) is 103 Å². The van der Waals surface area contributed by atoms with Crippen LogP contribution in [0.4, 0.5) is 11.4 Å². The van der Waals surface area contributed by atoms with Crippen LogP contribution >= 0.6 is 11.3 Å². The van der Waals surface area contributed by atoms with Crippen molar-refractivity contribution >= 4 is 116 Å². The minimum atomic E-state index is 0.0329. The Bertz CT molecular complexity index is 3970. The molecule has 5 heterocycles. The van der Waals surface area contributed by atoms with E-state index in [-0.39, 0.29) is 10.8 Å². The topological polar surface area (TPSA) is 47.9 Å². The maximum atomic E-state index is 6.54. The molecular formula is C58H46BN4OS. The Kier molecular flexibility index (Phi) is 7.96. The molecule has 313 valence electrons. The van der Waals surface area contributed by atoms with Gasteiger partial charge in [0.25, 0.3) is 0 Å². The van der Waals surface area contributed by atoms with Crippen LogP contribution in [0.3, 0.4) is 0 Å². The molecule has 0 unspecified atom stereocenters. The predicted molar refractivity (Wildman–Crippen MR) is 278 cm³/mol. The number of nitrogens with zero attached hydrogens (tertiary/aromatic N) is 3. The van der Waals surface area contributed by atoms with Gasteiger partial charge in [0.1, 0.15) is 17.0 Å². The van der Waals surface area contributed by atoms with Crippen molar-refractivity contribution in [3.8, 4) is 28.2 Å². The van der Waals surface area contributed by atoms with Crippen molar-refractivity contribution in [2.45, 2.75) is 52.4 Å². The van der Waals surface area contributed by atoms with Gasteiger partial charge in [0.15, 0.2) is 7.28 Å². The van der Waals surface area contributed by atoms with E-state index < -0.39 is 0 Å². The first-order chi connectivity index (χ1) is 31.4. The highest BCUT2D eigenvalue weighted by atomic mass is 32.1. The Hall–Kier alpha value is -7.09. The second-order valence-corrected chi connectivity index (χ2v) is 21.1. The fourth-order valence-electron chi connectivity index (χ4n) is 10.4. The van der Waals surface area contributed by atoms with Crippen LogP contribution in [0.15, 0.2) is 150 Å². The van der Waals surface area contributed by atoms with Crippen molar-refractivity contribution in [1.29, 1.82) is 0 Å². The molecule has 7 heteroatoms. The smallest absolute Gasteiger partial charge is 0.198 e. The van der Waals surface area contributed by atoms with Gasteiger partial charge in [-0.1, -0.05) is 126 Å². The lowest BCUT2D eigenvalue weighted by molar-refractivity contribution is 0.590. The number of aryl methyl sites for hydroxylation is 1. The van der Waals surface area contributed by atoms with E-state index >= 15 is 0 Å². The summed E-state index contributed by atoms with van der Waals surface area (Å²) in [5, 5.41) is 11.1. The molecule has 12 aromatic rings. The molecule has 8 aromatic carbocycles. The fourth-order valence-corrected chi connectivity index (χ4v) is 11.5. The first-order valence-electron chi connectivity index (χ1n) is 22.6. The quantitative estimate of drug-likeness (QED) is 0.179. The first-order valence-corrected chi connectivity index (χ1v) is 23.4. The molecule has 0 fully saturated rings. The summed E-state index contributed by atoms with van der Waals surface area (Å²) in [5.74, 6) is 0.951. The zero-order valence-corrected chi connectivity index (χ0v) is 38.4. The van der Waals surface area contributed by atoms with Crippen LogP contribution in [0, 0.1) is 0 Å². The second-order valence-electron chi connectivity index (χ2n) is 20.0. The highest BCUT2D eigenvalue weighted by molar-refractivity contribution is 7.25. The number of para-hydroxylation sites is 1. The molecule has 0 amide bonds. The molecule has 13 rings (SSSR count). The summed E-state index contributed by atoms with van der Waals surface area (Å²) in [4.78, 5) is 5.27. The number of fused-ring (bicyclic) bond motifs is 12. The van der Waals surface area contributed by atoms with Crippen molar-refractivity contribution in [1.82, 2.24) is 14.1 Å². The minimum Gasteiger partial charge on any atom is -0.456 e. The molecule has 0 saturated heterocycles. The van der Waals surface area contributed by atoms with Gasteiger partial charge in [0.05, 0.1) is 16.6 Å². The summed E-state index contributed by atoms with van der Waals surface area (Å²) in [6.07, 6.45) is 0. The number of nitrogens with one attached hydrogen (secondary N) is 1. The number of furan rings is 1. The van der Waals surface area contributed by atoms with Gasteiger partial charge in [-0.05, 0) is 99.7 Å². The molecule has 1 aliphatic heterocycles. The van der Waals surface area contributed by atoms with Gasteiger partial charge in [-0.2, -0.15) is 0 Å². The summed E-state index contributed by atoms with van der Waals surface area (Å²) in [6.45, 7) is 13.7. The monoisotopic (exact) mass is 857 g/mol. The Morgan fingerprint density at radius 3 is 2.14 bits per heavy atom. The second kappa shape index (κ2) is 13.5. The number of anilines is 2. The average Bonchev–Trinajstić information content (AvgIpc) is 4.03. The normalized spacial score (nSPS) is 13.0. The average molecular weight is 858 g/mol. The maximum absolute atomic E-state index is 6.54. The zero-order valence-electron chi connectivity index (χ0n) is 37.6. The van der Waals surface area contributed by atoms with Crippen LogP contribution in [0.2, 0.25) is 0 Å². The van der Waals surface area contributed by atoms with Crippen LogP contribution in [0.1, 0.15) is 52.7 Å². The first kappa shape index (κ1) is 38.4. The number of hydrogen-bond acceptors (Lipinski definition) is 4. The van der Waals surface area contributed by atoms with Crippen molar-refractivity contribution in [2.24, 2.45) is 7.05 Å². The largest absolute Gasteiger partial charge is 0.456 e. The van der Waals surface area contributed by atoms with E-state index in [4.69, 9.17) is 9.40 Å². The van der Waals surface area contributed by atoms with E-state index in [0.29, 0.717) is 0 Å². The molecule has 0 saturated carbocycles. The van der Waals surface area contributed by atoms with E-state index in [1.165, 1.54) is 58.6 Å². The fraction of sp³-hybridized carbons (Fsp3) is 0.155. The molecule has 1 N–H and O–H groups in total. The van der Waals surface area contributed by atoms with Gasteiger partial charge < -0.3 is 18.9 Å². The molecule has 0 aliphatic carbocycles. The van der Waals surface area contributed by atoms with E-state index in [1.54, 1.807) is 0 Å². The van der Waals surface area contributed by atoms with Gasteiger partial charge in [0.2, 0.25) is 0 Å². The third-order valence-electron chi connectivity index (χ3n) is 13.9. The summed E-state index contributed by atoms with van der Waals surface area (Å²) >= 11 is 1.87. The third-order valence-corrected chi connectivity index (χ3v) is 15.0. The van der Waals surface area contributed by atoms with E-state index in [9.17, 15) is 0 Å². The molecule has 65 heavy (non-hydrogen) atoms. The zero-order chi connectivity index (χ0) is 44.1. The van der Waals surface area contributed by atoms with Crippen molar-refractivity contribution < 1.29 is 4.42 Å². The molecular weight excluding hydrogens is 812 g/mol. The molecule has 0 spiro atoms. The molecule has 0 bridgehead atoms. The Balaban J connectivity index is 1.10. The van der Waals surface area contributed by atoms with Crippen molar-refractivity contribution in [3.63, 3.8) is 0 Å². The maximum Gasteiger partial charge on any atom is 0.198 e. The van der Waals surface area contributed by atoms with E-state index in [0.717, 1.165) is 78.0 Å². The summed E-state index contributed by atoms with van der Waals surface area (Å²) in [5.41, 5.74) is 18.0. The van der Waals surface area contributed by atoms with Gasteiger partial charge in [-0.15, -0.1) is 11.3 Å². The van der Waals surface area contributed by atoms with Crippen molar-refractivity contribution in [2.75, 3.05) is 5.32 Å². The van der Waals surface area contributed by atoms with Gasteiger partial charge in [-0.25, -0.2) is 4.98 Å². The SMILES string of the molecule is Cn1c(-c2ccccc2)nc2cc3c(cc21)-n1c2cc4c(cc2c2ccc(-c5cc6c(cc5Nc5ccc(C(C)(C)C)cc5)sc5ccc(C(C)(C)C)cc56)c(c21)[B]3)oc1ccccc14. The van der Waals surface area contributed by atoms with E-state index in [1.807, 2.05) is 17.4 Å². The van der Waals surface area contributed by atoms with Crippen LogP contribution < -0.4 is 16.2 Å². The van der Waals surface area contributed by atoms with Crippen LogP contribution in [0.5, 0.6) is 0 Å². The lowest BCUT2D eigenvalue weighted by Crippen LogP contribution is -2.37. The number of rotatable bonds is 4. The Morgan fingerprint density at radius 2 is 1.34 bits per heavy atom. The van der Waals surface area contributed by atoms with Crippen LogP contribution in [-0.2, 0) is 17.9 Å². The molecule has 5 nitrogen and oxygen atoms in total. The Morgan fingerprint density at radius 1 is 0.585 bits per heavy atom. The number of aromatic nitrogens is 3. The molecule has 4 aromatic heterocycles. The van der Waals surface area contributed by atoms with Gasteiger partial charge in [0, 0.05) is 82.5 Å². The highest BCUT2D eigenvalue weighted by Crippen LogP contribution is 2.45. The predicted octanol–water partition coefficient (Wildman–Crippen LogP) is 14.6. The van der Waals surface area contributed by atoms with Gasteiger partial charge >= 0.3 is 0 Å². The van der Waals surface area contributed by atoms with Gasteiger partial charge in [-0.3, -0.25) is 0 Å².